The highest BCUT2D eigenvalue weighted by atomic mass is 79.9. The highest BCUT2D eigenvalue weighted by Gasteiger charge is 2.13. The van der Waals surface area contributed by atoms with E-state index in [1.807, 2.05) is 6.07 Å². The van der Waals surface area contributed by atoms with E-state index in [9.17, 15) is 0 Å². The van der Waals surface area contributed by atoms with Crippen molar-refractivity contribution in [2.45, 2.75) is 32.7 Å². The topological polar surface area (TPSA) is 17.8 Å². The van der Waals surface area contributed by atoms with E-state index in [4.69, 9.17) is 4.98 Å². The van der Waals surface area contributed by atoms with Gasteiger partial charge in [-0.1, -0.05) is 78.3 Å². The summed E-state index contributed by atoms with van der Waals surface area (Å²) < 4.78 is 3.39. The number of rotatable bonds is 5. The minimum absolute atomic E-state index is 0.603. The molecule has 0 aliphatic heterocycles. The van der Waals surface area contributed by atoms with Crippen LogP contribution in [-0.4, -0.2) is 9.55 Å². The summed E-state index contributed by atoms with van der Waals surface area (Å²) in [6.45, 7) is 5.33. The highest BCUT2D eigenvalue weighted by molar-refractivity contribution is 9.10. The first-order valence-electron chi connectivity index (χ1n) is 9.45. The van der Waals surface area contributed by atoms with Gasteiger partial charge in [-0.25, -0.2) is 4.98 Å². The Balaban J connectivity index is 1.76. The van der Waals surface area contributed by atoms with Gasteiger partial charge in [0, 0.05) is 16.6 Å². The average molecular weight is 419 g/mol. The lowest BCUT2D eigenvalue weighted by atomic mass is 9.97. The Bertz CT molecular complexity index is 1050. The van der Waals surface area contributed by atoms with Gasteiger partial charge in [0.05, 0.1) is 11.0 Å². The van der Waals surface area contributed by atoms with E-state index in [1.54, 1.807) is 0 Å². The molecule has 1 atom stereocenters. The smallest absolute Gasteiger partial charge is 0.141 e. The standard InChI is InChI=1S/C24H23BrN2/c1-3-17(2)19-10-8-18(9-11-19)16-27-23-7-5-4-6-22(23)26-24(27)20-12-14-21(25)15-13-20/h4-15,17H,3,16H2,1-2H3. The molecule has 0 saturated heterocycles. The molecule has 1 aromatic heterocycles. The number of halogens is 1. The maximum atomic E-state index is 4.92. The third-order valence-electron chi connectivity index (χ3n) is 5.26. The summed E-state index contributed by atoms with van der Waals surface area (Å²) in [5.41, 5.74) is 6.03. The lowest BCUT2D eigenvalue weighted by Gasteiger charge is -2.12. The molecular weight excluding hydrogens is 396 g/mol. The van der Waals surface area contributed by atoms with Gasteiger partial charge >= 0.3 is 0 Å². The molecule has 27 heavy (non-hydrogen) atoms. The van der Waals surface area contributed by atoms with Crippen LogP contribution in [0, 0.1) is 0 Å². The Hall–Kier alpha value is -2.39. The van der Waals surface area contributed by atoms with E-state index in [-0.39, 0.29) is 0 Å². The van der Waals surface area contributed by atoms with Crippen LogP contribution in [0.4, 0.5) is 0 Å². The fraction of sp³-hybridized carbons (Fsp3) is 0.208. The molecule has 1 unspecified atom stereocenters. The van der Waals surface area contributed by atoms with Crippen molar-refractivity contribution in [3.63, 3.8) is 0 Å². The van der Waals surface area contributed by atoms with Crippen LogP contribution in [-0.2, 0) is 6.54 Å². The first kappa shape index (κ1) is 18.0. The van der Waals surface area contributed by atoms with Crippen molar-refractivity contribution < 1.29 is 0 Å². The molecule has 3 heteroatoms. The Morgan fingerprint density at radius 3 is 2.33 bits per heavy atom. The summed E-state index contributed by atoms with van der Waals surface area (Å²) in [5, 5.41) is 0. The molecule has 0 fully saturated rings. The molecule has 2 nitrogen and oxygen atoms in total. The molecule has 4 rings (SSSR count). The number of fused-ring (bicyclic) bond motifs is 1. The number of hydrogen-bond donors (Lipinski definition) is 0. The molecular formula is C24H23BrN2. The lowest BCUT2D eigenvalue weighted by Crippen LogP contribution is -2.03. The molecule has 136 valence electrons. The Kier molecular flexibility index (Phi) is 5.13. The van der Waals surface area contributed by atoms with Crippen molar-refractivity contribution in [2.24, 2.45) is 0 Å². The summed E-state index contributed by atoms with van der Waals surface area (Å²) in [4.78, 5) is 4.92. The number of hydrogen-bond acceptors (Lipinski definition) is 1. The quantitative estimate of drug-likeness (QED) is 0.340. The molecule has 0 spiro atoms. The van der Waals surface area contributed by atoms with Crippen LogP contribution in [0.3, 0.4) is 0 Å². The molecule has 0 radical (unpaired) electrons. The zero-order valence-electron chi connectivity index (χ0n) is 15.7. The summed E-state index contributed by atoms with van der Waals surface area (Å²) in [7, 11) is 0. The van der Waals surface area contributed by atoms with E-state index in [0.717, 1.165) is 27.9 Å². The number of benzene rings is 3. The van der Waals surface area contributed by atoms with E-state index >= 15 is 0 Å². The second-order valence-electron chi connectivity index (χ2n) is 7.07. The second kappa shape index (κ2) is 7.69. The normalized spacial score (nSPS) is 12.4. The molecule has 3 aromatic carbocycles. The Morgan fingerprint density at radius 1 is 0.926 bits per heavy atom. The lowest BCUT2D eigenvalue weighted by molar-refractivity contribution is 0.732. The first-order chi connectivity index (χ1) is 13.2. The van der Waals surface area contributed by atoms with E-state index in [2.05, 4.69) is 101 Å². The van der Waals surface area contributed by atoms with Gasteiger partial charge in [-0.3, -0.25) is 0 Å². The van der Waals surface area contributed by atoms with Gasteiger partial charge < -0.3 is 4.57 Å². The maximum Gasteiger partial charge on any atom is 0.141 e. The summed E-state index contributed by atoms with van der Waals surface area (Å²) in [6, 6.07) is 25.8. The molecule has 0 saturated carbocycles. The van der Waals surface area contributed by atoms with Gasteiger partial charge in [-0.15, -0.1) is 0 Å². The number of imidazole rings is 1. The number of aromatic nitrogens is 2. The van der Waals surface area contributed by atoms with Crippen LogP contribution in [0.1, 0.15) is 37.3 Å². The van der Waals surface area contributed by atoms with Crippen LogP contribution >= 0.6 is 15.9 Å². The minimum Gasteiger partial charge on any atom is -0.319 e. The van der Waals surface area contributed by atoms with Crippen molar-refractivity contribution in [3.05, 3.63) is 88.4 Å². The molecule has 0 bridgehead atoms. The molecule has 1 heterocycles. The number of para-hydroxylation sites is 2. The van der Waals surface area contributed by atoms with E-state index < -0.39 is 0 Å². The van der Waals surface area contributed by atoms with Crippen molar-refractivity contribution >= 4 is 27.0 Å². The van der Waals surface area contributed by atoms with E-state index in [1.165, 1.54) is 23.1 Å². The van der Waals surface area contributed by atoms with Gasteiger partial charge in [-0.05, 0) is 47.7 Å². The molecule has 0 amide bonds. The largest absolute Gasteiger partial charge is 0.319 e. The monoisotopic (exact) mass is 418 g/mol. The minimum atomic E-state index is 0.603. The fourth-order valence-electron chi connectivity index (χ4n) is 3.42. The van der Waals surface area contributed by atoms with Crippen LogP contribution in [0.15, 0.2) is 77.3 Å². The van der Waals surface area contributed by atoms with Gasteiger partial charge in [0.2, 0.25) is 0 Å². The molecule has 0 aliphatic rings. The summed E-state index contributed by atoms with van der Waals surface area (Å²) >= 11 is 3.52. The van der Waals surface area contributed by atoms with Crippen molar-refractivity contribution in [1.82, 2.24) is 9.55 Å². The van der Waals surface area contributed by atoms with Crippen LogP contribution in [0.5, 0.6) is 0 Å². The fourth-order valence-corrected chi connectivity index (χ4v) is 3.69. The van der Waals surface area contributed by atoms with Crippen LogP contribution in [0.25, 0.3) is 22.4 Å². The Labute approximate surface area is 169 Å². The van der Waals surface area contributed by atoms with Crippen molar-refractivity contribution in [1.29, 1.82) is 0 Å². The third-order valence-corrected chi connectivity index (χ3v) is 5.79. The van der Waals surface area contributed by atoms with Gasteiger partial charge in [0.25, 0.3) is 0 Å². The average Bonchev–Trinajstić information content (AvgIpc) is 3.07. The third kappa shape index (κ3) is 3.70. The zero-order valence-corrected chi connectivity index (χ0v) is 17.3. The Morgan fingerprint density at radius 2 is 1.63 bits per heavy atom. The summed E-state index contributed by atoms with van der Waals surface area (Å²) in [5.74, 6) is 1.61. The maximum absolute atomic E-state index is 4.92. The molecule has 0 aliphatic carbocycles. The van der Waals surface area contributed by atoms with Gasteiger partial charge in [0.1, 0.15) is 5.82 Å². The highest BCUT2D eigenvalue weighted by Crippen LogP contribution is 2.27. The predicted molar refractivity (Wildman–Crippen MR) is 117 cm³/mol. The van der Waals surface area contributed by atoms with Crippen LogP contribution in [0.2, 0.25) is 0 Å². The molecule has 0 N–H and O–H groups in total. The van der Waals surface area contributed by atoms with Crippen molar-refractivity contribution in [2.75, 3.05) is 0 Å². The SMILES string of the molecule is CCC(C)c1ccc(Cn2c(-c3ccc(Br)cc3)nc3ccccc32)cc1. The predicted octanol–water partition coefficient (Wildman–Crippen LogP) is 7.03. The zero-order chi connectivity index (χ0) is 18.8. The van der Waals surface area contributed by atoms with Crippen LogP contribution < -0.4 is 0 Å². The van der Waals surface area contributed by atoms with Crippen molar-refractivity contribution in [3.8, 4) is 11.4 Å². The summed E-state index contributed by atoms with van der Waals surface area (Å²) in [6.07, 6.45) is 1.17. The number of nitrogens with zero attached hydrogens (tertiary/aromatic N) is 2. The van der Waals surface area contributed by atoms with E-state index in [0.29, 0.717) is 5.92 Å². The first-order valence-corrected chi connectivity index (χ1v) is 10.2. The van der Waals surface area contributed by atoms with Gasteiger partial charge in [-0.2, -0.15) is 0 Å². The van der Waals surface area contributed by atoms with Gasteiger partial charge in [0.15, 0.2) is 0 Å². The molecule has 4 aromatic rings. The second-order valence-corrected chi connectivity index (χ2v) is 7.98.